The number of hydrogen-bond acceptors (Lipinski definition) is 6. The molecule has 0 saturated carbocycles. The van der Waals surface area contributed by atoms with Crippen LogP contribution in [-0.4, -0.2) is 17.3 Å². The van der Waals surface area contributed by atoms with Gasteiger partial charge in [-0.3, -0.25) is 0 Å². The van der Waals surface area contributed by atoms with Crippen molar-refractivity contribution >= 4 is 29.1 Å². The van der Waals surface area contributed by atoms with Gasteiger partial charge in [-0.05, 0) is 18.4 Å². The van der Waals surface area contributed by atoms with E-state index < -0.39 is 16.4 Å². The quantitative estimate of drug-likeness (QED) is 0.395. The molecule has 9 N–H and O–H groups in total. The molecule has 24 heavy (non-hydrogen) atoms. The van der Waals surface area contributed by atoms with Gasteiger partial charge >= 0.3 is 5.97 Å². The van der Waals surface area contributed by atoms with E-state index in [4.69, 9.17) is 22.9 Å². The van der Waals surface area contributed by atoms with Crippen LogP contribution in [0.4, 0.5) is 11.4 Å². The SMILES string of the molecule is CSC(N)(CC(N)(C(=O)O)c1ccccc1N)c1ccccc1N. The summed E-state index contributed by atoms with van der Waals surface area (Å²) in [5.74, 6) is -1.20. The predicted molar refractivity (Wildman–Crippen MR) is 99.2 cm³/mol. The maximum absolute atomic E-state index is 12.0. The average Bonchev–Trinajstić information content (AvgIpc) is 2.55. The minimum atomic E-state index is -1.74. The molecule has 6 nitrogen and oxygen atoms in total. The van der Waals surface area contributed by atoms with E-state index in [2.05, 4.69) is 0 Å². The number of carbonyl (C=O) groups is 1. The Morgan fingerprint density at radius 2 is 1.46 bits per heavy atom. The Labute approximate surface area is 145 Å². The van der Waals surface area contributed by atoms with E-state index >= 15 is 0 Å². The van der Waals surface area contributed by atoms with Gasteiger partial charge in [-0.2, -0.15) is 0 Å². The highest BCUT2D eigenvalue weighted by Gasteiger charge is 2.45. The summed E-state index contributed by atoms with van der Waals surface area (Å²) >= 11 is 1.30. The Hall–Kier alpha value is -2.22. The number of carboxylic acid groups (broad SMARTS) is 1. The van der Waals surface area contributed by atoms with E-state index in [0.29, 0.717) is 22.5 Å². The van der Waals surface area contributed by atoms with Crippen molar-refractivity contribution in [2.45, 2.75) is 16.8 Å². The molecule has 0 aromatic heterocycles. The van der Waals surface area contributed by atoms with Crippen molar-refractivity contribution in [2.75, 3.05) is 17.7 Å². The molecule has 2 unspecified atom stereocenters. The lowest BCUT2D eigenvalue weighted by Gasteiger charge is -2.37. The van der Waals surface area contributed by atoms with Crippen LogP contribution in [0.25, 0.3) is 0 Å². The maximum Gasteiger partial charge on any atom is 0.328 e. The van der Waals surface area contributed by atoms with Crippen LogP contribution in [0.2, 0.25) is 0 Å². The minimum absolute atomic E-state index is 0.0705. The van der Waals surface area contributed by atoms with Crippen LogP contribution >= 0.6 is 11.8 Å². The van der Waals surface area contributed by atoms with Crippen LogP contribution in [0, 0.1) is 0 Å². The summed E-state index contributed by atoms with van der Waals surface area (Å²) in [5, 5.41) is 9.81. The number of nitrogen functional groups attached to an aromatic ring is 2. The molecule has 0 aliphatic rings. The van der Waals surface area contributed by atoms with Gasteiger partial charge in [0.25, 0.3) is 0 Å². The molecular weight excluding hydrogens is 324 g/mol. The van der Waals surface area contributed by atoms with Crippen molar-refractivity contribution in [3.8, 4) is 0 Å². The fourth-order valence-corrected chi connectivity index (χ4v) is 3.54. The molecule has 0 spiro atoms. The largest absolute Gasteiger partial charge is 0.480 e. The standard InChI is InChI=1S/C17H22N4O2S/c1-24-17(21,12-7-3-5-9-14(12)19)10-16(20,15(22)23)11-6-2-4-8-13(11)18/h2-9H,10,18-21H2,1H3,(H,22,23). The lowest BCUT2D eigenvalue weighted by Crippen LogP contribution is -2.52. The first kappa shape index (κ1) is 18.1. The van der Waals surface area contributed by atoms with E-state index in [-0.39, 0.29) is 6.42 Å². The van der Waals surface area contributed by atoms with Gasteiger partial charge in [-0.15, -0.1) is 11.8 Å². The number of para-hydroxylation sites is 2. The predicted octanol–water partition coefficient (Wildman–Crippen LogP) is 1.65. The first-order valence-electron chi connectivity index (χ1n) is 7.31. The second-order valence-corrected chi connectivity index (χ2v) is 6.86. The molecule has 128 valence electrons. The summed E-state index contributed by atoms with van der Waals surface area (Å²) in [4.78, 5) is 10.9. The topological polar surface area (TPSA) is 141 Å². The van der Waals surface area contributed by atoms with Crippen LogP contribution in [0.5, 0.6) is 0 Å². The van der Waals surface area contributed by atoms with Crippen molar-refractivity contribution in [3.63, 3.8) is 0 Å². The van der Waals surface area contributed by atoms with Crippen molar-refractivity contribution in [2.24, 2.45) is 11.5 Å². The molecule has 2 aromatic carbocycles. The Bertz CT molecular complexity index is 755. The van der Waals surface area contributed by atoms with Crippen LogP contribution < -0.4 is 22.9 Å². The zero-order valence-electron chi connectivity index (χ0n) is 13.4. The smallest absolute Gasteiger partial charge is 0.328 e. The van der Waals surface area contributed by atoms with Gasteiger partial charge in [0.05, 0.1) is 4.87 Å². The highest BCUT2D eigenvalue weighted by Crippen LogP contribution is 2.42. The zero-order valence-corrected chi connectivity index (χ0v) is 14.2. The molecule has 0 saturated heterocycles. The number of rotatable bonds is 6. The zero-order chi connectivity index (χ0) is 18.0. The molecule has 0 fully saturated rings. The van der Waals surface area contributed by atoms with Gasteiger partial charge in [-0.1, -0.05) is 36.4 Å². The van der Waals surface area contributed by atoms with E-state index in [0.717, 1.165) is 0 Å². The second kappa shape index (κ2) is 6.72. The highest BCUT2D eigenvalue weighted by atomic mass is 32.2. The Morgan fingerprint density at radius 3 is 1.88 bits per heavy atom. The summed E-state index contributed by atoms with van der Waals surface area (Å²) in [6.45, 7) is 0. The molecule has 7 heteroatoms. The van der Waals surface area contributed by atoms with Crippen molar-refractivity contribution in [3.05, 3.63) is 59.7 Å². The molecular formula is C17H22N4O2S. The third-order valence-corrected chi connectivity index (χ3v) is 5.24. The van der Waals surface area contributed by atoms with E-state index in [9.17, 15) is 9.90 Å². The first-order chi connectivity index (χ1) is 11.2. The van der Waals surface area contributed by atoms with Gasteiger partial charge in [0.1, 0.15) is 5.54 Å². The number of carboxylic acids is 1. The van der Waals surface area contributed by atoms with Gasteiger partial charge in [0.2, 0.25) is 0 Å². The summed E-state index contributed by atoms with van der Waals surface area (Å²) in [6.07, 6.45) is 1.72. The Balaban J connectivity index is 2.56. The van der Waals surface area contributed by atoms with Gasteiger partial charge < -0.3 is 28.0 Å². The molecule has 2 rings (SSSR count). The lowest BCUT2D eigenvalue weighted by atomic mass is 9.81. The van der Waals surface area contributed by atoms with Gasteiger partial charge in [-0.25, -0.2) is 4.79 Å². The molecule has 2 aromatic rings. The van der Waals surface area contributed by atoms with E-state index in [1.54, 1.807) is 54.8 Å². The third kappa shape index (κ3) is 3.19. The van der Waals surface area contributed by atoms with Crippen LogP contribution in [0.1, 0.15) is 17.5 Å². The lowest BCUT2D eigenvalue weighted by molar-refractivity contribution is -0.144. The molecule has 0 radical (unpaired) electrons. The average molecular weight is 346 g/mol. The number of benzene rings is 2. The molecule has 0 aliphatic heterocycles. The molecule has 0 amide bonds. The molecule has 0 heterocycles. The monoisotopic (exact) mass is 346 g/mol. The summed E-state index contributed by atoms with van der Waals surface area (Å²) < 4.78 is 0. The minimum Gasteiger partial charge on any atom is -0.480 e. The molecule has 0 aliphatic carbocycles. The third-order valence-electron chi connectivity index (χ3n) is 4.15. The van der Waals surface area contributed by atoms with Crippen LogP contribution in [0.15, 0.2) is 48.5 Å². The van der Waals surface area contributed by atoms with Gasteiger partial charge in [0.15, 0.2) is 0 Å². The first-order valence-corrected chi connectivity index (χ1v) is 8.53. The van der Waals surface area contributed by atoms with E-state index in [1.807, 2.05) is 0 Å². The summed E-state index contributed by atoms with van der Waals surface area (Å²) in [6, 6.07) is 13.8. The number of anilines is 2. The Morgan fingerprint density at radius 1 is 1.00 bits per heavy atom. The fraction of sp³-hybridized carbons (Fsp3) is 0.235. The van der Waals surface area contributed by atoms with Crippen LogP contribution in [0.3, 0.4) is 0 Å². The van der Waals surface area contributed by atoms with Crippen molar-refractivity contribution in [1.29, 1.82) is 0 Å². The maximum atomic E-state index is 12.0. The number of aliphatic carboxylic acids is 1. The molecule has 2 atom stereocenters. The summed E-state index contributed by atoms with van der Waals surface area (Å²) in [5.41, 5.74) is 24.9. The Kier molecular flexibility index (Phi) is 5.08. The fourth-order valence-electron chi connectivity index (χ4n) is 2.76. The normalized spacial score (nSPS) is 16.1. The van der Waals surface area contributed by atoms with Crippen molar-refractivity contribution < 1.29 is 9.90 Å². The van der Waals surface area contributed by atoms with Gasteiger partial charge in [0, 0.05) is 28.9 Å². The summed E-state index contributed by atoms with van der Waals surface area (Å²) in [7, 11) is 0. The second-order valence-electron chi connectivity index (χ2n) is 5.72. The number of thioether (sulfide) groups is 1. The van der Waals surface area contributed by atoms with Crippen molar-refractivity contribution in [1.82, 2.24) is 0 Å². The highest BCUT2D eigenvalue weighted by molar-refractivity contribution is 7.99. The molecule has 0 bridgehead atoms. The number of nitrogens with two attached hydrogens (primary N) is 4. The van der Waals surface area contributed by atoms with E-state index in [1.165, 1.54) is 11.8 Å². The number of hydrogen-bond donors (Lipinski definition) is 5. The van der Waals surface area contributed by atoms with Crippen LogP contribution in [-0.2, 0) is 15.2 Å².